The molecule has 3 rings (SSSR count). The van der Waals surface area contributed by atoms with Gasteiger partial charge in [0.05, 0.1) is 19.3 Å². The zero-order valence-electron chi connectivity index (χ0n) is 12.2. The molecule has 1 N–H and O–H groups in total. The number of nitrogens with zero attached hydrogens (tertiary/aromatic N) is 1. The van der Waals surface area contributed by atoms with Gasteiger partial charge in [0, 0.05) is 5.56 Å². The number of ether oxygens (including phenoxy) is 1. The third-order valence-electron chi connectivity index (χ3n) is 3.87. The standard InChI is InChI=1S/C16H20N2O2/c1-10-7-12(19-3)8-11(2)15(10)14-9-18-16(20-14)13-5-4-6-17-13/h7-9,13,17H,4-6H2,1-3H3. The Morgan fingerprint density at radius 3 is 2.65 bits per heavy atom. The van der Waals surface area contributed by atoms with Gasteiger partial charge in [-0.1, -0.05) is 0 Å². The second-order valence-electron chi connectivity index (χ2n) is 5.35. The summed E-state index contributed by atoms with van der Waals surface area (Å²) < 4.78 is 11.3. The van der Waals surface area contributed by atoms with E-state index in [4.69, 9.17) is 9.15 Å². The fraction of sp³-hybridized carbons (Fsp3) is 0.438. The van der Waals surface area contributed by atoms with Crippen molar-refractivity contribution in [2.45, 2.75) is 32.7 Å². The summed E-state index contributed by atoms with van der Waals surface area (Å²) in [7, 11) is 1.69. The number of nitrogens with one attached hydrogen (secondary N) is 1. The SMILES string of the molecule is COc1cc(C)c(-c2cnc(C3CCCN3)o2)c(C)c1. The summed E-state index contributed by atoms with van der Waals surface area (Å²) in [6.07, 6.45) is 4.11. The molecule has 1 unspecified atom stereocenters. The van der Waals surface area contributed by atoms with Crippen molar-refractivity contribution in [3.05, 3.63) is 35.3 Å². The largest absolute Gasteiger partial charge is 0.497 e. The monoisotopic (exact) mass is 272 g/mol. The minimum Gasteiger partial charge on any atom is -0.497 e. The lowest BCUT2D eigenvalue weighted by Gasteiger charge is -2.10. The Balaban J connectivity index is 1.96. The van der Waals surface area contributed by atoms with Crippen LogP contribution in [-0.2, 0) is 0 Å². The quantitative estimate of drug-likeness (QED) is 0.930. The summed E-state index contributed by atoms with van der Waals surface area (Å²) in [5, 5.41) is 3.41. The smallest absolute Gasteiger partial charge is 0.212 e. The Bertz CT molecular complexity index is 590. The van der Waals surface area contributed by atoms with Crippen molar-refractivity contribution in [3.63, 3.8) is 0 Å². The maximum absolute atomic E-state index is 5.97. The van der Waals surface area contributed by atoms with E-state index in [2.05, 4.69) is 24.1 Å². The van der Waals surface area contributed by atoms with Crippen LogP contribution in [0.5, 0.6) is 5.75 Å². The van der Waals surface area contributed by atoms with E-state index in [1.165, 1.54) is 6.42 Å². The molecular formula is C16H20N2O2. The van der Waals surface area contributed by atoms with Crippen LogP contribution in [0.4, 0.5) is 0 Å². The highest BCUT2D eigenvalue weighted by Crippen LogP contribution is 2.33. The molecule has 4 heteroatoms. The zero-order valence-corrected chi connectivity index (χ0v) is 12.2. The van der Waals surface area contributed by atoms with Gasteiger partial charge >= 0.3 is 0 Å². The number of benzene rings is 1. The molecule has 2 aromatic rings. The molecule has 0 bridgehead atoms. The van der Waals surface area contributed by atoms with Gasteiger partial charge in [-0.15, -0.1) is 0 Å². The first kappa shape index (κ1) is 13.2. The molecular weight excluding hydrogens is 252 g/mol. The van der Waals surface area contributed by atoms with Crippen molar-refractivity contribution in [1.82, 2.24) is 10.3 Å². The van der Waals surface area contributed by atoms with Crippen molar-refractivity contribution < 1.29 is 9.15 Å². The highest BCUT2D eigenvalue weighted by Gasteiger charge is 2.22. The van der Waals surface area contributed by atoms with Crippen LogP contribution in [0.3, 0.4) is 0 Å². The lowest BCUT2D eigenvalue weighted by Crippen LogP contribution is -2.12. The van der Waals surface area contributed by atoms with E-state index in [0.717, 1.165) is 47.1 Å². The van der Waals surface area contributed by atoms with Gasteiger partial charge in [-0.2, -0.15) is 0 Å². The molecule has 0 amide bonds. The van der Waals surface area contributed by atoms with Crippen molar-refractivity contribution in [2.24, 2.45) is 0 Å². The molecule has 1 fully saturated rings. The molecule has 0 radical (unpaired) electrons. The minimum atomic E-state index is 0.266. The topological polar surface area (TPSA) is 47.3 Å². The molecule has 1 aromatic carbocycles. The predicted molar refractivity (Wildman–Crippen MR) is 77.9 cm³/mol. The number of oxazole rings is 1. The second kappa shape index (κ2) is 5.29. The first-order chi connectivity index (χ1) is 9.69. The Morgan fingerprint density at radius 2 is 2.05 bits per heavy atom. The molecule has 1 aliphatic heterocycles. The molecule has 106 valence electrons. The summed E-state index contributed by atoms with van der Waals surface area (Å²) in [4.78, 5) is 4.44. The van der Waals surface area contributed by atoms with Gasteiger partial charge in [0.1, 0.15) is 5.75 Å². The average molecular weight is 272 g/mol. The minimum absolute atomic E-state index is 0.266. The van der Waals surface area contributed by atoms with E-state index in [1.807, 2.05) is 18.3 Å². The maximum atomic E-state index is 5.97. The van der Waals surface area contributed by atoms with Gasteiger partial charge in [0.15, 0.2) is 5.76 Å². The van der Waals surface area contributed by atoms with Crippen molar-refractivity contribution >= 4 is 0 Å². The van der Waals surface area contributed by atoms with Gasteiger partial charge in [0.25, 0.3) is 0 Å². The fourth-order valence-electron chi connectivity index (χ4n) is 2.89. The van der Waals surface area contributed by atoms with E-state index in [1.54, 1.807) is 7.11 Å². The van der Waals surface area contributed by atoms with Crippen molar-refractivity contribution in [1.29, 1.82) is 0 Å². The van der Waals surface area contributed by atoms with Gasteiger partial charge in [-0.05, 0) is 56.5 Å². The molecule has 20 heavy (non-hydrogen) atoms. The molecule has 1 aliphatic rings. The first-order valence-corrected chi connectivity index (χ1v) is 7.03. The van der Waals surface area contributed by atoms with Crippen LogP contribution in [0.15, 0.2) is 22.7 Å². The highest BCUT2D eigenvalue weighted by atomic mass is 16.5. The van der Waals surface area contributed by atoms with Gasteiger partial charge in [-0.3, -0.25) is 0 Å². The first-order valence-electron chi connectivity index (χ1n) is 7.03. The number of aryl methyl sites for hydroxylation is 2. The Hall–Kier alpha value is -1.81. The van der Waals surface area contributed by atoms with Gasteiger partial charge < -0.3 is 14.5 Å². The van der Waals surface area contributed by atoms with Crippen LogP contribution in [-0.4, -0.2) is 18.6 Å². The van der Waals surface area contributed by atoms with E-state index in [-0.39, 0.29) is 6.04 Å². The summed E-state index contributed by atoms with van der Waals surface area (Å²) in [5.41, 5.74) is 3.40. The van der Waals surface area contributed by atoms with Crippen LogP contribution < -0.4 is 10.1 Å². The van der Waals surface area contributed by atoms with E-state index >= 15 is 0 Å². The summed E-state index contributed by atoms with van der Waals surface area (Å²) in [6.45, 7) is 5.19. The Kier molecular flexibility index (Phi) is 3.49. The molecule has 0 spiro atoms. The third-order valence-corrected chi connectivity index (χ3v) is 3.87. The fourth-order valence-corrected chi connectivity index (χ4v) is 2.89. The molecule has 4 nitrogen and oxygen atoms in total. The Morgan fingerprint density at radius 1 is 1.30 bits per heavy atom. The van der Waals surface area contributed by atoms with E-state index in [0.29, 0.717) is 0 Å². The summed E-state index contributed by atoms with van der Waals surface area (Å²) in [5.74, 6) is 2.51. The van der Waals surface area contributed by atoms with Gasteiger partial charge in [0.2, 0.25) is 5.89 Å². The number of aromatic nitrogens is 1. The molecule has 1 atom stereocenters. The normalized spacial score (nSPS) is 18.4. The predicted octanol–water partition coefficient (Wildman–Crippen LogP) is 3.39. The zero-order chi connectivity index (χ0) is 14.1. The van der Waals surface area contributed by atoms with Crippen LogP contribution in [0.25, 0.3) is 11.3 Å². The molecule has 0 saturated carbocycles. The van der Waals surface area contributed by atoms with E-state index < -0.39 is 0 Å². The molecule has 0 aliphatic carbocycles. The maximum Gasteiger partial charge on any atom is 0.212 e. The molecule has 2 heterocycles. The molecule has 1 aromatic heterocycles. The highest BCUT2D eigenvalue weighted by molar-refractivity contribution is 5.67. The number of methoxy groups -OCH3 is 1. The lowest BCUT2D eigenvalue weighted by molar-refractivity contribution is 0.414. The summed E-state index contributed by atoms with van der Waals surface area (Å²) >= 11 is 0. The van der Waals surface area contributed by atoms with E-state index in [9.17, 15) is 0 Å². The second-order valence-corrected chi connectivity index (χ2v) is 5.35. The number of hydrogen-bond acceptors (Lipinski definition) is 4. The van der Waals surface area contributed by atoms with Crippen LogP contribution in [0, 0.1) is 13.8 Å². The lowest BCUT2D eigenvalue weighted by atomic mass is 10.0. The number of rotatable bonds is 3. The van der Waals surface area contributed by atoms with Crippen LogP contribution >= 0.6 is 0 Å². The Labute approximate surface area is 119 Å². The third kappa shape index (κ3) is 2.31. The molecule has 1 saturated heterocycles. The summed E-state index contributed by atoms with van der Waals surface area (Å²) in [6, 6.07) is 4.32. The van der Waals surface area contributed by atoms with Crippen molar-refractivity contribution in [3.8, 4) is 17.1 Å². The number of hydrogen-bond donors (Lipinski definition) is 1. The van der Waals surface area contributed by atoms with Gasteiger partial charge in [-0.25, -0.2) is 4.98 Å². The van der Waals surface area contributed by atoms with Crippen molar-refractivity contribution in [2.75, 3.05) is 13.7 Å². The van der Waals surface area contributed by atoms with Crippen LogP contribution in [0.1, 0.15) is 35.9 Å². The van der Waals surface area contributed by atoms with Crippen LogP contribution in [0.2, 0.25) is 0 Å². The average Bonchev–Trinajstić information content (AvgIpc) is 3.08.